The number of carbonyl (C=O) groups excluding carboxylic acids is 1. The number of amides is 1. The van der Waals surface area contributed by atoms with Crippen LogP contribution in [0.4, 0.5) is 5.69 Å². The molecule has 0 spiro atoms. The van der Waals surface area contributed by atoms with Crippen molar-refractivity contribution < 1.29 is 4.79 Å². The number of benzene rings is 2. The van der Waals surface area contributed by atoms with Crippen molar-refractivity contribution in [3.8, 4) is 0 Å². The molecule has 2 nitrogen and oxygen atoms in total. The average molecular weight is 430 g/mol. The Morgan fingerprint density at radius 3 is 2.58 bits per heavy atom. The van der Waals surface area contributed by atoms with E-state index in [0.717, 1.165) is 19.3 Å². The molecule has 19 heavy (non-hydrogen) atoms. The zero-order valence-electron chi connectivity index (χ0n) is 10.7. The van der Waals surface area contributed by atoms with Gasteiger partial charge in [-0.25, -0.2) is 0 Å². The summed E-state index contributed by atoms with van der Waals surface area (Å²) < 4.78 is 1.86. The van der Waals surface area contributed by atoms with Crippen molar-refractivity contribution >= 4 is 50.1 Å². The maximum absolute atomic E-state index is 12.6. The number of hydrogen-bond acceptors (Lipinski definition) is 1. The summed E-state index contributed by atoms with van der Waals surface area (Å²) in [5.41, 5.74) is 2.69. The molecule has 0 heterocycles. The first-order chi connectivity index (χ1) is 9.00. The lowest BCUT2D eigenvalue weighted by Gasteiger charge is -2.20. The van der Waals surface area contributed by atoms with Gasteiger partial charge in [0.2, 0.25) is 0 Å². The molecule has 0 aliphatic rings. The van der Waals surface area contributed by atoms with Gasteiger partial charge in [0.05, 0.1) is 5.56 Å². The highest BCUT2D eigenvalue weighted by molar-refractivity contribution is 14.1. The Hall–Kier alpha value is -0.880. The number of anilines is 1. The number of nitrogens with zero attached hydrogens (tertiary/aromatic N) is 1. The van der Waals surface area contributed by atoms with Crippen molar-refractivity contribution in [3.63, 3.8) is 0 Å². The fourth-order valence-corrected chi connectivity index (χ4v) is 2.80. The Morgan fingerprint density at radius 1 is 1.21 bits per heavy atom. The second-order valence-electron chi connectivity index (χ2n) is 4.27. The van der Waals surface area contributed by atoms with Gasteiger partial charge in [0.25, 0.3) is 5.91 Å². The summed E-state index contributed by atoms with van der Waals surface area (Å²) in [5.74, 6) is -0.0142. The van der Waals surface area contributed by atoms with E-state index in [2.05, 4.69) is 38.5 Å². The molecule has 4 heteroatoms. The predicted molar refractivity (Wildman–Crippen MR) is 90.8 cm³/mol. The molecule has 2 aromatic carbocycles. The fourth-order valence-electron chi connectivity index (χ4n) is 1.89. The molecule has 0 saturated carbocycles. The van der Waals surface area contributed by atoms with E-state index >= 15 is 0 Å². The molecule has 0 N–H and O–H groups in total. The van der Waals surface area contributed by atoms with E-state index in [4.69, 9.17) is 0 Å². The molecule has 0 bridgehead atoms. The van der Waals surface area contributed by atoms with Crippen molar-refractivity contribution in [2.45, 2.75) is 6.92 Å². The van der Waals surface area contributed by atoms with Crippen LogP contribution in [0.25, 0.3) is 0 Å². The second-order valence-corrected chi connectivity index (χ2v) is 6.37. The monoisotopic (exact) mass is 429 g/mol. The van der Waals surface area contributed by atoms with Crippen LogP contribution in [-0.2, 0) is 0 Å². The van der Waals surface area contributed by atoms with E-state index in [9.17, 15) is 4.79 Å². The van der Waals surface area contributed by atoms with Gasteiger partial charge in [-0.05, 0) is 75.3 Å². The Labute approximate surface area is 135 Å². The minimum absolute atomic E-state index is 0.0142. The Balaban J connectivity index is 2.39. The molecule has 0 saturated heterocycles. The Kier molecular flexibility index (Phi) is 4.62. The van der Waals surface area contributed by atoms with Crippen LogP contribution < -0.4 is 4.90 Å². The summed E-state index contributed by atoms with van der Waals surface area (Å²) in [6, 6.07) is 13.6. The van der Waals surface area contributed by atoms with Crippen LogP contribution in [0.2, 0.25) is 0 Å². The number of rotatable bonds is 2. The first kappa shape index (κ1) is 14.5. The minimum Gasteiger partial charge on any atom is -0.311 e. The molecule has 2 aromatic rings. The third-order valence-electron chi connectivity index (χ3n) is 2.94. The van der Waals surface area contributed by atoms with E-state index in [1.54, 1.807) is 11.9 Å². The SMILES string of the molecule is Cc1ccccc1N(C)C(=O)c1cc(I)ccc1Br. The molecule has 2 rings (SSSR count). The fraction of sp³-hybridized carbons (Fsp3) is 0.133. The number of aryl methyl sites for hydroxylation is 1. The summed E-state index contributed by atoms with van der Waals surface area (Å²) in [4.78, 5) is 14.2. The van der Waals surface area contributed by atoms with Crippen molar-refractivity contribution in [1.82, 2.24) is 0 Å². The zero-order chi connectivity index (χ0) is 14.0. The second kappa shape index (κ2) is 6.05. The first-order valence-electron chi connectivity index (χ1n) is 5.79. The smallest absolute Gasteiger partial charge is 0.259 e. The van der Waals surface area contributed by atoms with Crippen LogP contribution in [0.3, 0.4) is 0 Å². The van der Waals surface area contributed by atoms with Crippen molar-refractivity contribution in [2.75, 3.05) is 11.9 Å². The van der Waals surface area contributed by atoms with Gasteiger partial charge in [0.15, 0.2) is 0 Å². The molecule has 0 atom stereocenters. The zero-order valence-corrected chi connectivity index (χ0v) is 14.4. The largest absolute Gasteiger partial charge is 0.311 e. The molecular weight excluding hydrogens is 417 g/mol. The van der Waals surface area contributed by atoms with E-state index in [0.29, 0.717) is 5.56 Å². The normalized spacial score (nSPS) is 10.3. The van der Waals surface area contributed by atoms with Crippen LogP contribution >= 0.6 is 38.5 Å². The van der Waals surface area contributed by atoms with Crippen molar-refractivity contribution in [1.29, 1.82) is 0 Å². The van der Waals surface area contributed by atoms with Gasteiger partial charge < -0.3 is 4.90 Å². The van der Waals surface area contributed by atoms with Gasteiger partial charge in [0.1, 0.15) is 0 Å². The number of carbonyl (C=O) groups is 1. The van der Waals surface area contributed by atoms with Gasteiger partial charge in [-0.3, -0.25) is 4.79 Å². The minimum atomic E-state index is -0.0142. The summed E-state index contributed by atoms with van der Waals surface area (Å²) in [5, 5.41) is 0. The van der Waals surface area contributed by atoms with Gasteiger partial charge in [0, 0.05) is 20.8 Å². The molecule has 0 aliphatic heterocycles. The highest BCUT2D eigenvalue weighted by atomic mass is 127. The Morgan fingerprint density at radius 2 is 1.89 bits per heavy atom. The molecule has 0 fully saturated rings. The lowest BCUT2D eigenvalue weighted by atomic mass is 10.1. The van der Waals surface area contributed by atoms with Crippen LogP contribution in [0, 0.1) is 10.5 Å². The maximum atomic E-state index is 12.6. The molecule has 0 aliphatic carbocycles. The number of para-hydroxylation sites is 1. The van der Waals surface area contributed by atoms with Gasteiger partial charge in [-0.15, -0.1) is 0 Å². The molecule has 98 valence electrons. The Bertz CT molecular complexity index is 627. The summed E-state index contributed by atoms with van der Waals surface area (Å²) >= 11 is 5.65. The summed E-state index contributed by atoms with van der Waals surface area (Å²) in [7, 11) is 1.80. The highest BCUT2D eigenvalue weighted by Gasteiger charge is 2.17. The van der Waals surface area contributed by atoms with Crippen LogP contribution in [0.1, 0.15) is 15.9 Å². The lowest BCUT2D eigenvalue weighted by Crippen LogP contribution is -2.27. The average Bonchev–Trinajstić information content (AvgIpc) is 2.40. The molecular formula is C15H13BrINO. The maximum Gasteiger partial charge on any atom is 0.259 e. The van der Waals surface area contributed by atoms with E-state index in [1.807, 2.05) is 49.4 Å². The van der Waals surface area contributed by atoms with Gasteiger partial charge in [-0.1, -0.05) is 18.2 Å². The molecule has 0 aromatic heterocycles. The highest BCUT2D eigenvalue weighted by Crippen LogP contribution is 2.24. The quantitative estimate of drug-likeness (QED) is 0.637. The number of hydrogen-bond donors (Lipinski definition) is 0. The first-order valence-corrected chi connectivity index (χ1v) is 7.66. The topological polar surface area (TPSA) is 20.3 Å². The van der Waals surface area contributed by atoms with E-state index in [1.165, 1.54) is 0 Å². The van der Waals surface area contributed by atoms with Crippen molar-refractivity contribution in [3.05, 3.63) is 61.6 Å². The summed E-state index contributed by atoms with van der Waals surface area (Å²) in [6.45, 7) is 2.00. The predicted octanol–water partition coefficient (Wildman–Crippen LogP) is 4.64. The van der Waals surface area contributed by atoms with Crippen LogP contribution in [0.5, 0.6) is 0 Å². The van der Waals surface area contributed by atoms with Crippen LogP contribution in [-0.4, -0.2) is 13.0 Å². The van der Waals surface area contributed by atoms with E-state index < -0.39 is 0 Å². The molecule has 0 unspecified atom stereocenters. The lowest BCUT2D eigenvalue weighted by molar-refractivity contribution is 0.0992. The van der Waals surface area contributed by atoms with Crippen LogP contribution in [0.15, 0.2) is 46.9 Å². The molecule has 0 radical (unpaired) electrons. The molecule has 1 amide bonds. The van der Waals surface area contributed by atoms with Crippen molar-refractivity contribution in [2.24, 2.45) is 0 Å². The third-order valence-corrected chi connectivity index (χ3v) is 4.30. The number of halogens is 2. The third kappa shape index (κ3) is 3.17. The van der Waals surface area contributed by atoms with Gasteiger partial charge in [-0.2, -0.15) is 0 Å². The van der Waals surface area contributed by atoms with Gasteiger partial charge >= 0.3 is 0 Å². The summed E-state index contributed by atoms with van der Waals surface area (Å²) in [6.07, 6.45) is 0. The standard InChI is InChI=1S/C15H13BrINO/c1-10-5-3-4-6-14(10)18(2)15(19)12-9-11(17)7-8-13(12)16/h3-9H,1-2H3. The van der Waals surface area contributed by atoms with E-state index in [-0.39, 0.29) is 5.91 Å².